The minimum atomic E-state index is 0.711. The van der Waals surface area contributed by atoms with Crippen molar-refractivity contribution in [2.24, 2.45) is 11.8 Å². The molecule has 2 aliphatic heterocycles. The fourth-order valence-electron chi connectivity index (χ4n) is 4.03. The van der Waals surface area contributed by atoms with Crippen LogP contribution in [0.5, 0.6) is 0 Å². The van der Waals surface area contributed by atoms with E-state index in [-0.39, 0.29) is 0 Å². The molecule has 0 amide bonds. The lowest BCUT2D eigenvalue weighted by atomic mass is 9.91. The summed E-state index contributed by atoms with van der Waals surface area (Å²) in [5, 5.41) is 0. The molecule has 118 valence electrons. The van der Waals surface area contributed by atoms with Crippen LogP contribution in [0.1, 0.15) is 41.0 Å². The molecule has 2 fully saturated rings. The van der Waals surface area contributed by atoms with Crippen LogP contribution in [0.15, 0.2) is 0 Å². The lowest BCUT2D eigenvalue weighted by Crippen LogP contribution is -2.57. The van der Waals surface area contributed by atoms with E-state index in [0.717, 1.165) is 17.9 Å². The van der Waals surface area contributed by atoms with E-state index in [2.05, 4.69) is 49.3 Å². The maximum atomic E-state index is 2.77. The third-order valence-electron chi connectivity index (χ3n) is 5.12. The topological polar surface area (TPSA) is 9.72 Å². The summed E-state index contributed by atoms with van der Waals surface area (Å²) in [6.45, 7) is 20.7. The second-order valence-corrected chi connectivity index (χ2v) is 7.65. The Hall–Kier alpha value is -0.120. The van der Waals surface area contributed by atoms with Crippen LogP contribution in [0.3, 0.4) is 0 Å². The smallest absolute Gasteiger partial charge is 0.0146 e. The van der Waals surface area contributed by atoms with E-state index in [9.17, 15) is 0 Å². The van der Waals surface area contributed by atoms with Gasteiger partial charge in [-0.2, -0.15) is 0 Å². The molecule has 2 heterocycles. The van der Waals surface area contributed by atoms with E-state index in [4.69, 9.17) is 0 Å². The van der Waals surface area contributed by atoms with Crippen molar-refractivity contribution in [3.8, 4) is 0 Å². The highest BCUT2D eigenvalue weighted by atomic mass is 15.3. The van der Waals surface area contributed by atoms with Crippen molar-refractivity contribution in [1.82, 2.24) is 14.7 Å². The van der Waals surface area contributed by atoms with Gasteiger partial charge in [0.25, 0.3) is 0 Å². The second kappa shape index (κ2) is 7.24. The van der Waals surface area contributed by atoms with Gasteiger partial charge < -0.3 is 4.90 Å². The predicted octanol–water partition coefficient (Wildman–Crippen LogP) is 2.38. The number of hydrogen-bond donors (Lipinski definition) is 0. The zero-order chi connectivity index (χ0) is 14.7. The summed E-state index contributed by atoms with van der Waals surface area (Å²) >= 11 is 0. The first-order valence-corrected chi connectivity index (χ1v) is 8.67. The number of likely N-dealkylation sites (tertiary alicyclic amines) is 1. The predicted molar refractivity (Wildman–Crippen MR) is 87.1 cm³/mol. The molecule has 2 aliphatic rings. The molecule has 0 aromatic carbocycles. The molecule has 0 N–H and O–H groups in total. The first-order chi connectivity index (χ1) is 9.47. The first kappa shape index (κ1) is 16.3. The van der Waals surface area contributed by atoms with Gasteiger partial charge in [0.2, 0.25) is 0 Å². The zero-order valence-electron chi connectivity index (χ0n) is 14.3. The van der Waals surface area contributed by atoms with Crippen LogP contribution >= 0.6 is 0 Å². The molecule has 1 unspecified atom stereocenters. The summed E-state index contributed by atoms with van der Waals surface area (Å²) in [6, 6.07) is 1.54. The first-order valence-electron chi connectivity index (χ1n) is 8.67. The highest BCUT2D eigenvalue weighted by Gasteiger charge is 2.32. The third kappa shape index (κ3) is 4.19. The summed E-state index contributed by atoms with van der Waals surface area (Å²) in [5.41, 5.74) is 0. The highest BCUT2D eigenvalue weighted by molar-refractivity contribution is 4.88. The number of nitrogens with zero attached hydrogens (tertiary/aromatic N) is 3. The van der Waals surface area contributed by atoms with E-state index in [1.165, 1.54) is 52.2 Å². The number of piperazine rings is 1. The van der Waals surface area contributed by atoms with Crippen LogP contribution < -0.4 is 0 Å². The highest BCUT2D eigenvalue weighted by Crippen LogP contribution is 2.24. The van der Waals surface area contributed by atoms with Crippen LogP contribution in [0.2, 0.25) is 0 Å². The molecule has 2 atom stereocenters. The number of hydrogen-bond acceptors (Lipinski definition) is 3. The van der Waals surface area contributed by atoms with Crippen molar-refractivity contribution in [2.45, 2.75) is 53.1 Å². The SMILES string of the molecule is CC(C)CN1CCC(N2CCN(C(C)C)CC2)[C@@H](C)C1. The minimum Gasteiger partial charge on any atom is -0.303 e. The fourth-order valence-corrected chi connectivity index (χ4v) is 4.03. The molecule has 2 rings (SSSR count). The third-order valence-corrected chi connectivity index (χ3v) is 5.12. The average Bonchev–Trinajstić information content (AvgIpc) is 2.38. The Kier molecular flexibility index (Phi) is 5.88. The molecular weight excluding hydrogens is 246 g/mol. The van der Waals surface area contributed by atoms with Crippen LogP contribution in [0, 0.1) is 11.8 Å². The van der Waals surface area contributed by atoms with Gasteiger partial charge in [-0.25, -0.2) is 0 Å². The van der Waals surface area contributed by atoms with Gasteiger partial charge in [-0.3, -0.25) is 9.80 Å². The second-order valence-electron chi connectivity index (χ2n) is 7.65. The summed E-state index contributed by atoms with van der Waals surface area (Å²) < 4.78 is 0. The molecule has 0 bridgehead atoms. The lowest BCUT2D eigenvalue weighted by molar-refractivity contribution is 0.0193. The maximum absolute atomic E-state index is 2.77. The maximum Gasteiger partial charge on any atom is 0.0146 e. The van der Waals surface area contributed by atoms with Gasteiger partial charge in [0.05, 0.1) is 0 Å². The Balaban J connectivity index is 1.80. The Morgan fingerprint density at radius 3 is 2.10 bits per heavy atom. The molecule has 0 radical (unpaired) electrons. The van der Waals surface area contributed by atoms with Crippen molar-refractivity contribution in [3.63, 3.8) is 0 Å². The van der Waals surface area contributed by atoms with E-state index in [0.29, 0.717) is 6.04 Å². The molecule has 0 aromatic rings. The molecule has 0 saturated carbocycles. The lowest BCUT2D eigenvalue weighted by Gasteiger charge is -2.46. The van der Waals surface area contributed by atoms with E-state index in [1.54, 1.807) is 0 Å². The standard InChI is InChI=1S/C17H35N3/c1-14(2)12-18-7-6-17(16(5)13-18)20-10-8-19(9-11-20)15(3)4/h14-17H,6-13H2,1-5H3/t16-,17?/m0/s1. The molecule has 3 nitrogen and oxygen atoms in total. The van der Waals surface area contributed by atoms with Crippen molar-refractivity contribution >= 4 is 0 Å². The van der Waals surface area contributed by atoms with Gasteiger partial charge in [0.15, 0.2) is 0 Å². The van der Waals surface area contributed by atoms with Gasteiger partial charge in [-0.15, -0.1) is 0 Å². The average molecular weight is 281 g/mol. The summed E-state index contributed by atoms with van der Waals surface area (Å²) in [7, 11) is 0. The van der Waals surface area contributed by atoms with Gasteiger partial charge in [-0.1, -0.05) is 20.8 Å². The molecule has 0 aromatic heterocycles. The van der Waals surface area contributed by atoms with Crippen LogP contribution in [-0.4, -0.2) is 72.6 Å². The van der Waals surface area contributed by atoms with E-state index >= 15 is 0 Å². The fraction of sp³-hybridized carbons (Fsp3) is 1.00. The van der Waals surface area contributed by atoms with Crippen LogP contribution in [-0.2, 0) is 0 Å². The normalized spacial score (nSPS) is 31.4. The Labute approximate surface area is 126 Å². The summed E-state index contributed by atoms with van der Waals surface area (Å²) in [5.74, 6) is 1.63. The summed E-state index contributed by atoms with van der Waals surface area (Å²) in [6.07, 6.45) is 1.37. The molecule has 0 aliphatic carbocycles. The summed E-state index contributed by atoms with van der Waals surface area (Å²) in [4.78, 5) is 8.07. The van der Waals surface area contributed by atoms with E-state index < -0.39 is 0 Å². The van der Waals surface area contributed by atoms with Gasteiger partial charge in [0.1, 0.15) is 0 Å². The largest absolute Gasteiger partial charge is 0.303 e. The molecule has 3 heteroatoms. The van der Waals surface area contributed by atoms with Gasteiger partial charge in [-0.05, 0) is 38.6 Å². The van der Waals surface area contributed by atoms with Crippen molar-refractivity contribution in [1.29, 1.82) is 0 Å². The van der Waals surface area contributed by atoms with E-state index in [1.807, 2.05) is 0 Å². The van der Waals surface area contributed by atoms with Crippen molar-refractivity contribution < 1.29 is 0 Å². The van der Waals surface area contributed by atoms with Crippen molar-refractivity contribution in [3.05, 3.63) is 0 Å². The van der Waals surface area contributed by atoms with Gasteiger partial charge in [0, 0.05) is 51.4 Å². The number of piperidine rings is 1. The Morgan fingerprint density at radius 1 is 0.950 bits per heavy atom. The number of rotatable bonds is 4. The molecule has 0 spiro atoms. The Bertz CT molecular complexity index is 282. The Morgan fingerprint density at radius 2 is 1.60 bits per heavy atom. The van der Waals surface area contributed by atoms with Crippen LogP contribution in [0.25, 0.3) is 0 Å². The molecule has 2 saturated heterocycles. The monoisotopic (exact) mass is 281 g/mol. The zero-order valence-corrected chi connectivity index (χ0v) is 14.3. The van der Waals surface area contributed by atoms with Crippen molar-refractivity contribution in [2.75, 3.05) is 45.8 Å². The molecule has 20 heavy (non-hydrogen) atoms. The quantitative estimate of drug-likeness (QED) is 0.783. The van der Waals surface area contributed by atoms with Gasteiger partial charge >= 0.3 is 0 Å². The molecular formula is C17H35N3. The minimum absolute atomic E-state index is 0.711. The van der Waals surface area contributed by atoms with Crippen LogP contribution in [0.4, 0.5) is 0 Å².